The molecule has 0 amide bonds. The molecule has 0 saturated heterocycles. The third-order valence-electron chi connectivity index (χ3n) is 3.38. The van der Waals surface area contributed by atoms with Crippen molar-refractivity contribution in [3.63, 3.8) is 0 Å². The summed E-state index contributed by atoms with van der Waals surface area (Å²) < 4.78 is 33.2. The minimum atomic E-state index is -4.35. The molecule has 0 spiro atoms. The predicted molar refractivity (Wildman–Crippen MR) is 76.5 cm³/mol. The number of esters is 1. The topological polar surface area (TPSA) is 133 Å². The van der Waals surface area contributed by atoms with Gasteiger partial charge in [0, 0.05) is 6.07 Å². The van der Waals surface area contributed by atoms with Crippen molar-refractivity contribution in [1.29, 1.82) is 0 Å². The maximum atomic E-state index is 12.1. The van der Waals surface area contributed by atoms with Crippen LogP contribution in [0.4, 0.5) is 5.69 Å². The molecule has 1 fully saturated rings. The zero-order chi connectivity index (χ0) is 17.2. The van der Waals surface area contributed by atoms with Gasteiger partial charge in [-0.1, -0.05) is 0 Å². The number of carbonyl (C=O) groups is 1. The monoisotopic (exact) mass is 345 g/mol. The molecule has 0 atom stereocenters. The number of hydrogen-bond donors (Lipinski definition) is 1. The van der Waals surface area contributed by atoms with Gasteiger partial charge < -0.3 is 9.84 Å². The Morgan fingerprint density at radius 1 is 1.43 bits per heavy atom. The van der Waals surface area contributed by atoms with Gasteiger partial charge in [-0.25, -0.2) is 0 Å². The van der Waals surface area contributed by atoms with Gasteiger partial charge in [0.25, 0.3) is 5.69 Å². The first-order valence-corrected chi connectivity index (χ1v) is 8.15. The first-order chi connectivity index (χ1) is 10.8. The second-order valence-electron chi connectivity index (χ2n) is 4.98. The number of benzene rings is 1. The summed E-state index contributed by atoms with van der Waals surface area (Å²) in [5.41, 5.74) is -0.314. The Morgan fingerprint density at radius 3 is 2.61 bits per heavy atom. The van der Waals surface area contributed by atoms with Crippen molar-refractivity contribution < 1.29 is 32.2 Å². The molecule has 126 valence electrons. The Bertz CT molecular complexity index is 739. The molecule has 0 radical (unpaired) electrons. The van der Waals surface area contributed by atoms with Crippen LogP contribution in [0.25, 0.3) is 0 Å². The van der Waals surface area contributed by atoms with E-state index >= 15 is 0 Å². The Balaban J connectivity index is 2.30. The van der Waals surface area contributed by atoms with Crippen molar-refractivity contribution in [3.8, 4) is 5.75 Å². The SMILES string of the molecule is COC(=O)CCOS(=O)(=O)c1ccc([N+](=O)[O-])c(C2CC2)c1O. The van der Waals surface area contributed by atoms with Gasteiger partial charge in [-0.2, -0.15) is 8.42 Å². The lowest BCUT2D eigenvalue weighted by molar-refractivity contribution is -0.385. The molecule has 1 aromatic rings. The van der Waals surface area contributed by atoms with Crippen LogP contribution in [0.3, 0.4) is 0 Å². The molecule has 1 aliphatic carbocycles. The smallest absolute Gasteiger partial charge is 0.307 e. The van der Waals surface area contributed by atoms with Crippen LogP contribution in [0, 0.1) is 10.1 Å². The lowest BCUT2D eigenvalue weighted by atomic mass is 10.1. The molecule has 9 nitrogen and oxygen atoms in total. The van der Waals surface area contributed by atoms with Gasteiger partial charge in [-0.05, 0) is 24.8 Å². The molecule has 0 unspecified atom stereocenters. The van der Waals surface area contributed by atoms with Gasteiger partial charge in [-0.15, -0.1) is 0 Å². The second-order valence-corrected chi connectivity index (χ2v) is 6.56. The van der Waals surface area contributed by atoms with Crippen LogP contribution in [0.5, 0.6) is 5.75 Å². The van der Waals surface area contributed by atoms with Crippen molar-refractivity contribution in [3.05, 3.63) is 27.8 Å². The maximum absolute atomic E-state index is 12.1. The maximum Gasteiger partial charge on any atom is 0.307 e. The summed E-state index contributed by atoms with van der Waals surface area (Å²) in [7, 11) is -3.19. The summed E-state index contributed by atoms with van der Waals surface area (Å²) in [5.74, 6) is -1.55. The molecule has 23 heavy (non-hydrogen) atoms. The van der Waals surface area contributed by atoms with Gasteiger partial charge in [0.05, 0.1) is 30.6 Å². The van der Waals surface area contributed by atoms with Crippen molar-refractivity contribution in [1.82, 2.24) is 0 Å². The van der Waals surface area contributed by atoms with Crippen molar-refractivity contribution >= 4 is 21.8 Å². The Hall–Kier alpha value is -2.20. The molecule has 1 aliphatic rings. The Labute approximate surface area is 132 Å². The van der Waals surface area contributed by atoms with Crippen molar-refractivity contribution in [2.24, 2.45) is 0 Å². The summed E-state index contributed by atoms with van der Waals surface area (Å²) in [6.45, 7) is -0.454. The number of nitro groups is 1. The van der Waals surface area contributed by atoms with Gasteiger partial charge in [-0.3, -0.25) is 19.1 Å². The highest BCUT2D eigenvalue weighted by atomic mass is 32.2. The second kappa shape index (κ2) is 6.50. The minimum Gasteiger partial charge on any atom is -0.506 e. The van der Waals surface area contributed by atoms with Crippen molar-refractivity contribution in [2.45, 2.75) is 30.1 Å². The summed E-state index contributed by atoms with van der Waals surface area (Å²) in [6, 6.07) is 1.96. The molecule has 0 aromatic heterocycles. The quantitative estimate of drug-likeness (QED) is 0.340. The van der Waals surface area contributed by atoms with Crippen LogP contribution in [0.2, 0.25) is 0 Å². The summed E-state index contributed by atoms with van der Waals surface area (Å²) in [5, 5.41) is 21.2. The Morgan fingerprint density at radius 2 is 2.09 bits per heavy atom. The van der Waals surface area contributed by atoms with Gasteiger partial charge in [0.2, 0.25) is 0 Å². The standard InChI is InChI=1S/C13H15NO8S/c1-21-11(15)6-7-22-23(19,20)10-5-4-9(14(17)18)12(13(10)16)8-2-3-8/h4-5,8,16H,2-3,6-7H2,1H3. The van der Waals surface area contributed by atoms with E-state index in [2.05, 4.69) is 8.92 Å². The van der Waals surface area contributed by atoms with Crippen molar-refractivity contribution in [2.75, 3.05) is 13.7 Å². The fourth-order valence-corrected chi connectivity index (χ4v) is 3.12. The van der Waals surface area contributed by atoms with E-state index in [4.69, 9.17) is 0 Å². The van der Waals surface area contributed by atoms with E-state index in [1.54, 1.807) is 0 Å². The number of hydrogen-bond acceptors (Lipinski definition) is 8. The molecular formula is C13H15NO8S. The molecular weight excluding hydrogens is 330 g/mol. The highest BCUT2D eigenvalue weighted by Crippen LogP contribution is 2.50. The predicted octanol–water partition coefficient (Wildman–Crippen LogP) is 1.45. The fourth-order valence-electron chi connectivity index (χ4n) is 2.11. The molecule has 10 heteroatoms. The average Bonchev–Trinajstić information content (AvgIpc) is 3.30. The number of rotatable bonds is 7. The number of nitrogens with zero attached hydrogens (tertiary/aromatic N) is 1. The lowest BCUT2D eigenvalue weighted by Gasteiger charge is -2.10. The molecule has 0 heterocycles. The largest absolute Gasteiger partial charge is 0.506 e. The molecule has 0 bridgehead atoms. The van der Waals surface area contributed by atoms with E-state index in [0.29, 0.717) is 12.8 Å². The van der Waals surface area contributed by atoms with Gasteiger partial charge in [0.1, 0.15) is 10.6 Å². The van der Waals surface area contributed by atoms with Crippen LogP contribution in [-0.2, 0) is 23.8 Å². The molecule has 0 aliphatic heterocycles. The molecule has 2 rings (SSSR count). The van der Waals surface area contributed by atoms with E-state index in [9.17, 15) is 28.4 Å². The number of ether oxygens (including phenoxy) is 1. The number of phenolic OH excluding ortho intramolecular Hbond substituents is 1. The highest BCUT2D eigenvalue weighted by Gasteiger charge is 2.37. The molecule has 1 aromatic carbocycles. The third kappa shape index (κ3) is 3.77. The number of phenols is 1. The van der Waals surface area contributed by atoms with E-state index in [0.717, 1.165) is 19.2 Å². The lowest BCUT2D eigenvalue weighted by Crippen LogP contribution is -2.12. The number of aromatic hydroxyl groups is 1. The fraction of sp³-hybridized carbons (Fsp3) is 0.462. The van der Waals surface area contributed by atoms with Crippen LogP contribution in [-0.4, -0.2) is 38.1 Å². The van der Waals surface area contributed by atoms with Gasteiger partial charge >= 0.3 is 16.1 Å². The third-order valence-corrected chi connectivity index (χ3v) is 4.73. The number of nitro benzene ring substituents is 1. The van der Waals surface area contributed by atoms with Crippen LogP contribution in [0.15, 0.2) is 17.0 Å². The molecule has 1 saturated carbocycles. The minimum absolute atomic E-state index is 0.00708. The first-order valence-electron chi connectivity index (χ1n) is 6.74. The summed E-state index contributed by atoms with van der Waals surface area (Å²) >= 11 is 0. The number of methoxy groups -OCH3 is 1. The van der Waals surface area contributed by atoms with Crippen LogP contribution in [0.1, 0.15) is 30.7 Å². The average molecular weight is 345 g/mol. The van der Waals surface area contributed by atoms with E-state index in [1.165, 1.54) is 0 Å². The van der Waals surface area contributed by atoms with E-state index in [-0.39, 0.29) is 23.6 Å². The number of carbonyl (C=O) groups excluding carboxylic acids is 1. The summed E-state index contributed by atoms with van der Waals surface area (Å²) in [6.07, 6.45) is 1.00. The first kappa shape index (κ1) is 17.2. The van der Waals surface area contributed by atoms with E-state index < -0.39 is 38.3 Å². The zero-order valence-corrected chi connectivity index (χ0v) is 13.0. The van der Waals surface area contributed by atoms with Crippen LogP contribution >= 0.6 is 0 Å². The van der Waals surface area contributed by atoms with E-state index in [1.807, 2.05) is 0 Å². The Kier molecular flexibility index (Phi) is 4.85. The molecule has 1 N–H and O–H groups in total. The highest BCUT2D eigenvalue weighted by molar-refractivity contribution is 7.86. The van der Waals surface area contributed by atoms with Crippen LogP contribution < -0.4 is 0 Å². The zero-order valence-electron chi connectivity index (χ0n) is 12.2. The summed E-state index contributed by atoms with van der Waals surface area (Å²) in [4.78, 5) is 20.7. The normalized spacial score (nSPS) is 14.5. The van der Waals surface area contributed by atoms with Gasteiger partial charge in [0.15, 0.2) is 0 Å².